The number of benzene rings is 4. The summed E-state index contributed by atoms with van der Waals surface area (Å²) in [5.74, 6) is -2.45. The van der Waals surface area contributed by atoms with E-state index in [0.29, 0.717) is 81.3 Å². The third kappa shape index (κ3) is 9.64. The number of nitro benzene ring substituents is 1. The Kier molecular flexibility index (Phi) is 12.6. The molecule has 21 heteroatoms. The van der Waals surface area contributed by atoms with E-state index in [9.17, 15) is 50.5 Å². The van der Waals surface area contributed by atoms with E-state index >= 15 is 0 Å². The normalized spacial score (nSPS) is 14.9. The van der Waals surface area contributed by atoms with Gasteiger partial charge in [-0.05, 0) is 43.5 Å². The number of fused-ring (bicyclic) bond motifs is 2. The maximum Gasteiger partial charge on any atom is 0.270 e. The van der Waals surface area contributed by atoms with E-state index in [-0.39, 0.29) is 17.8 Å². The number of pyridine rings is 1. The Morgan fingerprint density at radius 3 is 1.71 bits per heavy atom. The van der Waals surface area contributed by atoms with Crippen molar-refractivity contribution in [2.45, 2.75) is 25.9 Å². The molecule has 0 fully saturated rings. The zero-order valence-corrected chi connectivity index (χ0v) is 32.9. The fraction of sp³-hybridized carbons (Fsp3) is 0.270. The second kappa shape index (κ2) is 16.9. The second-order valence-corrected chi connectivity index (χ2v) is 16.5. The molecule has 7 rings (SSSR count). The third-order valence-corrected chi connectivity index (χ3v) is 8.98. The fourth-order valence-electron chi connectivity index (χ4n) is 6.75. The van der Waals surface area contributed by atoms with Crippen molar-refractivity contribution in [3.8, 4) is 0 Å². The molecule has 1 aromatic heterocycles. The number of nitro groups is 1. The Balaban J connectivity index is 0.000000574. The first-order valence-electron chi connectivity index (χ1n) is 17.3. The van der Waals surface area contributed by atoms with Crippen molar-refractivity contribution >= 4 is 82.0 Å². The van der Waals surface area contributed by atoms with E-state index < -0.39 is 66.7 Å². The van der Waals surface area contributed by atoms with Gasteiger partial charge in [0.25, 0.3) is 49.6 Å². The summed E-state index contributed by atoms with van der Waals surface area (Å²) >= 11 is 0. The number of carbonyl (C=O) groups is 4. The molecule has 0 bridgehead atoms. The van der Waals surface area contributed by atoms with Crippen molar-refractivity contribution in [3.05, 3.63) is 105 Å². The summed E-state index contributed by atoms with van der Waals surface area (Å²) in [6.07, 6.45) is 2.54. The molecule has 58 heavy (non-hydrogen) atoms. The van der Waals surface area contributed by atoms with Crippen LogP contribution in [0.4, 0.5) is 10.1 Å². The summed E-state index contributed by atoms with van der Waals surface area (Å²) in [7, 11) is -7.33. The number of imide groups is 2. The molecule has 2 aliphatic heterocycles. The molecule has 4 aromatic carbocycles. The third-order valence-electron chi connectivity index (χ3n) is 8.98. The summed E-state index contributed by atoms with van der Waals surface area (Å²) in [5.41, 5.74) is 1.43. The molecule has 306 valence electrons. The Labute approximate surface area is 330 Å². The van der Waals surface area contributed by atoms with Gasteiger partial charge in [-0.1, -0.05) is 24.3 Å². The van der Waals surface area contributed by atoms with Gasteiger partial charge in [0.05, 0.1) is 34.7 Å². The smallest absolute Gasteiger partial charge is 0.270 e. The number of amides is 4. The van der Waals surface area contributed by atoms with Crippen LogP contribution in [0.2, 0.25) is 0 Å². The molecule has 0 aliphatic carbocycles. The molecule has 0 saturated heterocycles. The SMILES string of the molecule is CS(=O)(=O)O.CS(=O)(=O)O.C[C@H](CNCCNC[C@@H](C)N1C(=O)c2cccc3c2c(cc2cc(F)cnc23)C1=O)N1C(=O)c2cccc3cc([N+](=O)[O-])cc(c23)C1=O. The number of hydrogen-bond acceptors (Lipinski definition) is 13. The van der Waals surface area contributed by atoms with Crippen molar-refractivity contribution in [2.75, 3.05) is 38.7 Å². The highest BCUT2D eigenvalue weighted by molar-refractivity contribution is 7.85. The molecule has 0 unspecified atom stereocenters. The molecule has 4 amide bonds. The Hall–Kier alpha value is -5.84. The van der Waals surface area contributed by atoms with Crippen LogP contribution in [0.3, 0.4) is 0 Å². The summed E-state index contributed by atoms with van der Waals surface area (Å²) in [6, 6.07) is 14.5. The van der Waals surface area contributed by atoms with Crippen LogP contribution in [0.25, 0.3) is 32.4 Å². The quantitative estimate of drug-likeness (QED) is 0.0392. The number of non-ortho nitro benzene ring substituents is 1. The van der Waals surface area contributed by atoms with E-state index in [4.69, 9.17) is 9.11 Å². The van der Waals surface area contributed by atoms with Gasteiger partial charge in [-0.3, -0.25) is 53.2 Å². The molecule has 3 heterocycles. The van der Waals surface area contributed by atoms with Crippen LogP contribution in [0.1, 0.15) is 55.3 Å². The van der Waals surface area contributed by atoms with Gasteiger partial charge in [0, 0.05) is 88.6 Å². The van der Waals surface area contributed by atoms with Crippen molar-refractivity contribution < 1.29 is 54.4 Å². The predicted molar refractivity (Wildman–Crippen MR) is 210 cm³/mol. The van der Waals surface area contributed by atoms with Crippen molar-refractivity contribution in [2.24, 2.45) is 0 Å². The molecule has 5 aromatic rings. The molecule has 0 radical (unpaired) electrons. The Morgan fingerprint density at radius 2 is 1.19 bits per heavy atom. The van der Waals surface area contributed by atoms with Crippen LogP contribution < -0.4 is 10.6 Å². The van der Waals surface area contributed by atoms with E-state index in [2.05, 4.69) is 15.6 Å². The number of carbonyl (C=O) groups excluding carboxylic acids is 4. The lowest BCUT2D eigenvalue weighted by molar-refractivity contribution is -0.384. The molecule has 4 N–H and O–H groups in total. The minimum absolute atomic E-state index is 0.120. The summed E-state index contributed by atoms with van der Waals surface area (Å²) < 4.78 is 65.7. The maximum atomic E-state index is 14.0. The molecule has 18 nitrogen and oxygen atoms in total. The van der Waals surface area contributed by atoms with Gasteiger partial charge < -0.3 is 10.6 Å². The number of hydrogen-bond donors (Lipinski definition) is 4. The molecular formula is C37H37FN6O12S2. The summed E-state index contributed by atoms with van der Waals surface area (Å²) in [4.78, 5) is 71.4. The first-order chi connectivity index (χ1) is 27.1. The van der Waals surface area contributed by atoms with E-state index in [1.165, 1.54) is 23.1 Å². The predicted octanol–water partition coefficient (Wildman–Crippen LogP) is 3.44. The number of aromatic nitrogens is 1. The summed E-state index contributed by atoms with van der Waals surface area (Å²) in [6.45, 7) is 4.95. The van der Waals surface area contributed by atoms with Crippen LogP contribution >= 0.6 is 0 Å². The van der Waals surface area contributed by atoms with E-state index in [1.807, 2.05) is 0 Å². The van der Waals surface area contributed by atoms with Gasteiger partial charge in [-0.2, -0.15) is 16.8 Å². The Bertz CT molecular complexity index is 2700. The van der Waals surface area contributed by atoms with Gasteiger partial charge in [-0.15, -0.1) is 0 Å². The zero-order valence-electron chi connectivity index (χ0n) is 31.3. The van der Waals surface area contributed by atoms with Crippen LogP contribution in [-0.2, 0) is 20.2 Å². The first kappa shape index (κ1) is 43.3. The monoisotopic (exact) mass is 840 g/mol. The maximum absolute atomic E-state index is 14.0. The topological polar surface area (TPSA) is 264 Å². The number of rotatable bonds is 10. The summed E-state index contributed by atoms with van der Waals surface area (Å²) in [5, 5.41) is 20.4. The lowest BCUT2D eigenvalue weighted by atomic mass is 9.91. The van der Waals surface area contributed by atoms with Gasteiger partial charge >= 0.3 is 0 Å². The van der Waals surface area contributed by atoms with Gasteiger partial charge in [0.1, 0.15) is 5.82 Å². The highest BCUT2D eigenvalue weighted by Crippen LogP contribution is 2.36. The highest BCUT2D eigenvalue weighted by Gasteiger charge is 2.38. The molecule has 0 saturated carbocycles. The van der Waals surface area contributed by atoms with Crippen LogP contribution in [0.5, 0.6) is 0 Å². The standard InChI is InChI=1S/C35H29FN6O6.2CH4O3S/c1-18(40-32(43)25-7-3-5-20-12-23(42(47)48)14-28(29(20)25)35(40)46)15-37-9-10-38-16-19(2)41-33(44)26-8-4-6-24-30(26)27(34(41)45)13-21-11-22(36)17-39-31(21)24;2*1-5(2,3)4/h3-8,11-14,17-19,37-38H,9-10,15-16H2,1-2H3;2*1H3,(H,2,3,4)/t18-,19-;;/m1../s1. The number of nitrogens with zero attached hydrogens (tertiary/aromatic N) is 4. The zero-order chi connectivity index (χ0) is 42.9. The largest absolute Gasteiger partial charge is 0.313 e. The van der Waals surface area contributed by atoms with Gasteiger partial charge in [-0.25, -0.2) is 4.39 Å². The lowest BCUT2D eigenvalue weighted by Crippen LogP contribution is -2.51. The molecule has 0 spiro atoms. The average molecular weight is 841 g/mol. The first-order valence-corrected chi connectivity index (χ1v) is 21.0. The number of halogens is 1. The van der Waals surface area contributed by atoms with Crippen LogP contribution in [0, 0.1) is 15.9 Å². The van der Waals surface area contributed by atoms with E-state index in [0.717, 1.165) is 11.1 Å². The van der Waals surface area contributed by atoms with Gasteiger partial charge in [0.15, 0.2) is 0 Å². The molecule has 2 aliphatic rings. The van der Waals surface area contributed by atoms with Crippen molar-refractivity contribution in [1.82, 2.24) is 25.4 Å². The average Bonchev–Trinajstić information content (AvgIpc) is 3.12. The minimum atomic E-state index is -3.67. The van der Waals surface area contributed by atoms with E-state index in [1.54, 1.807) is 56.3 Å². The molecular weight excluding hydrogens is 804 g/mol. The van der Waals surface area contributed by atoms with Gasteiger partial charge in [0.2, 0.25) is 0 Å². The van der Waals surface area contributed by atoms with Crippen LogP contribution in [0.15, 0.2) is 66.9 Å². The van der Waals surface area contributed by atoms with Crippen molar-refractivity contribution in [1.29, 1.82) is 0 Å². The number of nitrogens with one attached hydrogen (secondary N) is 2. The minimum Gasteiger partial charge on any atom is -0.313 e. The lowest BCUT2D eigenvalue weighted by Gasteiger charge is -2.32. The second-order valence-electron chi connectivity index (χ2n) is 13.6. The fourth-order valence-corrected chi connectivity index (χ4v) is 6.75. The molecule has 2 atom stereocenters. The highest BCUT2D eigenvalue weighted by atomic mass is 32.2. The van der Waals surface area contributed by atoms with Crippen molar-refractivity contribution in [3.63, 3.8) is 0 Å². The Morgan fingerprint density at radius 1 is 0.724 bits per heavy atom. The van der Waals surface area contributed by atoms with Crippen LogP contribution in [-0.4, -0.2) is 120 Å².